The van der Waals surface area contributed by atoms with E-state index < -0.39 is 0 Å². The lowest BCUT2D eigenvalue weighted by Gasteiger charge is -2.34. The molecule has 2 aromatic rings. The van der Waals surface area contributed by atoms with Crippen molar-refractivity contribution < 1.29 is 9.32 Å². The number of carbonyl (C=O) groups excluding carboxylic acids is 1. The van der Waals surface area contributed by atoms with E-state index in [-0.39, 0.29) is 17.9 Å². The number of aromatic nitrogens is 2. The molecule has 122 valence electrons. The number of carbonyl (C=O) groups is 1. The summed E-state index contributed by atoms with van der Waals surface area (Å²) in [7, 11) is 0. The van der Waals surface area contributed by atoms with Gasteiger partial charge >= 0.3 is 0 Å². The first-order valence-corrected chi connectivity index (χ1v) is 8.34. The summed E-state index contributed by atoms with van der Waals surface area (Å²) in [6.07, 6.45) is 2.93. The van der Waals surface area contributed by atoms with Gasteiger partial charge in [-0.15, -0.1) is 0 Å². The quantitative estimate of drug-likeness (QED) is 0.848. The molecule has 1 atom stereocenters. The molecule has 6 heteroatoms. The number of piperidine rings is 1. The van der Waals surface area contributed by atoms with E-state index in [0.29, 0.717) is 16.7 Å². The van der Waals surface area contributed by atoms with Gasteiger partial charge in [0.05, 0.1) is 0 Å². The lowest BCUT2D eigenvalue weighted by atomic mass is 10.00. The van der Waals surface area contributed by atoms with Crippen LogP contribution in [0.1, 0.15) is 45.0 Å². The molecule has 2 heterocycles. The Bertz CT molecular complexity index is 699. The van der Waals surface area contributed by atoms with Crippen LogP contribution in [0, 0.1) is 5.92 Å². The summed E-state index contributed by atoms with van der Waals surface area (Å²) in [5.74, 6) is 1.11. The molecule has 5 nitrogen and oxygen atoms in total. The van der Waals surface area contributed by atoms with E-state index in [1.165, 1.54) is 0 Å². The summed E-state index contributed by atoms with van der Waals surface area (Å²) < 4.78 is 5.46. The first kappa shape index (κ1) is 16.0. The van der Waals surface area contributed by atoms with Crippen LogP contribution in [0.2, 0.25) is 5.02 Å². The third kappa shape index (κ3) is 3.39. The molecule has 1 aromatic carbocycles. The first-order chi connectivity index (χ1) is 11.1. The van der Waals surface area contributed by atoms with Gasteiger partial charge in [0, 0.05) is 23.0 Å². The molecule has 1 aliphatic rings. The Kier molecular flexibility index (Phi) is 4.66. The zero-order valence-electron chi connectivity index (χ0n) is 13.3. The van der Waals surface area contributed by atoms with E-state index in [1.54, 1.807) is 12.1 Å². The summed E-state index contributed by atoms with van der Waals surface area (Å²) >= 11 is 6.01. The molecule has 1 unspecified atom stereocenters. The molecule has 0 saturated carbocycles. The largest absolute Gasteiger partial charge is 0.337 e. The highest BCUT2D eigenvalue weighted by molar-refractivity contribution is 6.30. The van der Waals surface area contributed by atoms with Gasteiger partial charge in [0.2, 0.25) is 17.6 Å². The van der Waals surface area contributed by atoms with Crippen molar-refractivity contribution >= 4 is 17.5 Å². The molecule has 0 radical (unpaired) electrons. The molecule has 1 amide bonds. The molecule has 3 rings (SSSR count). The van der Waals surface area contributed by atoms with Crippen LogP contribution in [0.5, 0.6) is 0 Å². The number of hydrogen-bond donors (Lipinski definition) is 0. The number of nitrogens with zero attached hydrogens (tertiary/aromatic N) is 3. The number of halogens is 1. The molecule has 1 saturated heterocycles. The zero-order chi connectivity index (χ0) is 16.4. The standard InChI is InChI=1S/C17H20ClN3O2/c1-11(2)17(22)21-9-4-3-8-14(21)16-19-15(20-23-16)12-6-5-7-13(18)10-12/h5-7,10-11,14H,3-4,8-9H2,1-2H3. The predicted octanol–water partition coefficient (Wildman–Crippen LogP) is 4.10. The van der Waals surface area contributed by atoms with Crippen molar-refractivity contribution in [2.24, 2.45) is 5.92 Å². The normalized spacial score (nSPS) is 18.4. The van der Waals surface area contributed by atoms with Gasteiger partial charge in [-0.1, -0.05) is 42.7 Å². The fourth-order valence-electron chi connectivity index (χ4n) is 2.90. The number of amides is 1. The second-order valence-electron chi connectivity index (χ2n) is 6.16. The Balaban J connectivity index is 1.87. The molecule has 1 aromatic heterocycles. The highest BCUT2D eigenvalue weighted by Gasteiger charge is 2.33. The minimum atomic E-state index is -0.126. The van der Waals surface area contributed by atoms with Gasteiger partial charge in [-0.05, 0) is 31.4 Å². The van der Waals surface area contributed by atoms with E-state index in [9.17, 15) is 4.79 Å². The van der Waals surface area contributed by atoms with E-state index in [2.05, 4.69) is 10.1 Å². The monoisotopic (exact) mass is 333 g/mol. The van der Waals surface area contributed by atoms with Crippen LogP contribution in [0.4, 0.5) is 0 Å². The second kappa shape index (κ2) is 6.71. The Labute approximate surface area is 140 Å². The SMILES string of the molecule is CC(C)C(=O)N1CCCCC1c1nc(-c2cccc(Cl)c2)no1. The second-order valence-corrected chi connectivity index (χ2v) is 6.60. The fourth-order valence-corrected chi connectivity index (χ4v) is 3.09. The molecule has 0 bridgehead atoms. The van der Waals surface area contributed by atoms with Crippen LogP contribution >= 0.6 is 11.6 Å². The minimum absolute atomic E-state index is 0.0362. The van der Waals surface area contributed by atoms with Gasteiger partial charge in [0.1, 0.15) is 6.04 Å². The van der Waals surface area contributed by atoms with E-state index in [4.69, 9.17) is 16.1 Å². The summed E-state index contributed by atoms with van der Waals surface area (Å²) in [5.41, 5.74) is 0.810. The summed E-state index contributed by atoms with van der Waals surface area (Å²) in [6, 6.07) is 7.21. The van der Waals surface area contributed by atoms with Crippen LogP contribution in [0.3, 0.4) is 0 Å². The fraction of sp³-hybridized carbons (Fsp3) is 0.471. The molecule has 23 heavy (non-hydrogen) atoms. The lowest BCUT2D eigenvalue weighted by Crippen LogP contribution is -2.40. The average molecular weight is 334 g/mol. The van der Waals surface area contributed by atoms with Crippen molar-refractivity contribution in [2.45, 2.75) is 39.2 Å². The molecule has 1 fully saturated rings. The van der Waals surface area contributed by atoms with Crippen LogP contribution in [-0.2, 0) is 4.79 Å². The van der Waals surface area contributed by atoms with Crippen molar-refractivity contribution in [3.63, 3.8) is 0 Å². The Morgan fingerprint density at radius 2 is 2.22 bits per heavy atom. The number of benzene rings is 1. The van der Waals surface area contributed by atoms with Crippen molar-refractivity contribution in [2.75, 3.05) is 6.54 Å². The molecule has 1 aliphatic heterocycles. The molecule has 0 aliphatic carbocycles. The average Bonchev–Trinajstić information content (AvgIpc) is 3.04. The highest BCUT2D eigenvalue weighted by Crippen LogP contribution is 2.32. The van der Waals surface area contributed by atoms with Gasteiger partial charge in [-0.25, -0.2) is 0 Å². The van der Waals surface area contributed by atoms with E-state index in [1.807, 2.05) is 30.9 Å². The molecular weight excluding hydrogens is 314 g/mol. The van der Waals surface area contributed by atoms with Gasteiger partial charge < -0.3 is 9.42 Å². The summed E-state index contributed by atoms with van der Waals surface area (Å²) in [5, 5.41) is 4.69. The maximum absolute atomic E-state index is 12.4. The van der Waals surface area contributed by atoms with Crippen molar-refractivity contribution in [3.05, 3.63) is 35.2 Å². The molecular formula is C17H20ClN3O2. The lowest BCUT2D eigenvalue weighted by molar-refractivity contribution is -0.139. The van der Waals surface area contributed by atoms with Gasteiger partial charge in [0.25, 0.3) is 0 Å². The van der Waals surface area contributed by atoms with Crippen LogP contribution < -0.4 is 0 Å². The first-order valence-electron chi connectivity index (χ1n) is 7.96. The van der Waals surface area contributed by atoms with Gasteiger partial charge in [-0.3, -0.25) is 4.79 Å². The van der Waals surface area contributed by atoms with Crippen LogP contribution in [0.25, 0.3) is 11.4 Å². The smallest absolute Gasteiger partial charge is 0.249 e. The number of hydrogen-bond acceptors (Lipinski definition) is 4. The topological polar surface area (TPSA) is 59.2 Å². The highest BCUT2D eigenvalue weighted by atomic mass is 35.5. The Morgan fingerprint density at radius 3 is 2.96 bits per heavy atom. The van der Waals surface area contributed by atoms with Crippen LogP contribution in [-0.4, -0.2) is 27.5 Å². The van der Waals surface area contributed by atoms with Crippen molar-refractivity contribution in [3.8, 4) is 11.4 Å². The molecule has 0 N–H and O–H groups in total. The van der Waals surface area contributed by atoms with Crippen molar-refractivity contribution in [1.82, 2.24) is 15.0 Å². The van der Waals surface area contributed by atoms with Gasteiger partial charge in [-0.2, -0.15) is 4.98 Å². The maximum atomic E-state index is 12.4. The third-order valence-corrected chi connectivity index (χ3v) is 4.32. The molecule has 0 spiro atoms. The Morgan fingerprint density at radius 1 is 1.39 bits per heavy atom. The summed E-state index contributed by atoms with van der Waals surface area (Å²) in [6.45, 7) is 4.58. The van der Waals surface area contributed by atoms with E-state index >= 15 is 0 Å². The van der Waals surface area contributed by atoms with E-state index in [0.717, 1.165) is 31.4 Å². The minimum Gasteiger partial charge on any atom is -0.337 e. The van der Waals surface area contributed by atoms with Crippen LogP contribution in [0.15, 0.2) is 28.8 Å². The number of likely N-dealkylation sites (tertiary alicyclic amines) is 1. The number of rotatable bonds is 3. The van der Waals surface area contributed by atoms with Crippen molar-refractivity contribution in [1.29, 1.82) is 0 Å². The predicted molar refractivity (Wildman–Crippen MR) is 87.9 cm³/mol. The third-order valence-electron chi connectivity index (χ3n) is 4.09. The van der Waals surface area contributed by atoms with Gasteiger partial charge in [0.15, 0.2) is 0 Å². The summed E-state index contributed by atoms with van der Waals surface area (Å²) in [4.78, 5) is 18.8. The maximum Gasteiger partial charge on any atom is 0.249 e. The Hall–Kier alpha value is -1.88. The zero-order valence-corrected chi connectivity index (χ0v) is 14.1.